The highest BCUT2D eigenvalue weighted by atomic mass is 19.4. The number of likely N-dealkylation sites (tertiary alicyclic amines) is 1. The zero-order valence-electron chi connectivity index (χ0n) is 10.8. The van der Waals surface area contributed by atoms with Gasteiger partial charge in [0.25, 0.3) is 0 Å². The molecule has 1 heterocycles. The summed E-state index contributed by atoms with van der Waals surface area (Å²) in [5.41, 5.74) is -0.382. The summed E-state index contributed by atoms with van der Waals surface area (Å²) in [6.07, 6.45) is -3.08. The Morgan fingerprint density at radius 2 is 2.16 bits per heavy atom. The number of benzene rings is 1. The lowest BCUT2D eigenvalue weighted by Crippen LogP contribution is -2.31. The highest BCUT2D eigenvalue weighted by molar-refractivity contribution is 5.27. The highest BCUT2D eigenvalue weighted by Crippen LogP contribution is 2.31. The number of alkyl halides is 3. The van der Waals surface area contributed by atoms with E-state index < -0.39 is 17.8 Å². The molecule has 5 heteroatoms. The van der Waals surface area contributed by atoms with Gasteiger partial charge >= 0.3 is 6.18 Å². The van der Waals surface area contributed by atoms with E-state index in [0.717, 1.165) is 31.5 Å². The van der Waals surface area contributed by atoms with Crippen molar-refractivity contribution in [3.63, 3.8) is 0 Å². The number of aliphatic hydroxyl groups is 1. The number of hydrogen-bond acceptors (Lipinski definition) is 2. The van der Waals surface area contributed by atoms with Gasteiger partial charge in [-0.2, -0.15) is 13.2 Å². The van der Waals surface area contributed by atoms with Crippen molar-refractivity contribution in [1.29, 1.82) is 0 Å². The van der Waals surface area contributed by atoms with Crippen molar-refractivity contribution < 1.29 is 18.3 Å². The van der Waals surface area contributed by atoms with Gasteiger partial charge in [-0.25, -0.2) is 0 Å². The van der Waals surface area contributed by atoms with Gasteiger partial charge in [-0.15, -0.1) is 0 Å². The first-order chi connectivity index (χ1) is 8.88. The summed E-state index contributed by atoms with van der Waals surface area (Å²) in [4.78, 5) is 2.12. The van der Waals surface area contributed by atoms with Crippen LogP contribution >= 0.6 is 0 Å². The summed E-state index contributed by atoms with van der Waals surface area (Å²) < 4.78 is 37.8. The van der Waals surface area contributed by atoms with E-state index in [4.69, 9.17) is 0 Å². The monoisotopic (exact) mass is 273 g/mol. The molecule has 1 aliphatic rings. The second kappa shape index (κ2) is 5.51. The van der Waals surface area contributed by atoms with Crippen LogP contribution in [-0.4, -0.2) is 29.1 Å². The van der Waals surface area contributed by atoms with Crippen molar-refractivity contribution in [2.45, 2.75) is 38.1 Å². The smallest absolute Gasteiger partial charge is 0.387 e. The van der Waals surface area contributed by atoms with Crippen LogP contribution in [0, 0.1) is 0 Å². The van der Waals surface area contributed by atoms with E-state index >= 15 is 0 Å². The van der Waals surface area contributed by atoms with Gasteiger partial charge in [0, 0.05) is 12.6 Å². The van der Waals surface area contributed by atoms with Gasteiger partial charge in [0.2, 0.25) is 0 Å². The second-order valence-electron chi connectivity index (χ2n) is 5.13. The maximum atomic E-state index is 12.6. The molecule has 1 saturated heterocycles. The van der Waals surface area contributed by atoms with Crippen molar-refractivity contribution in [2.24, 2.45) is 0 Å². The van der Waals surface area contributed by atoms with E-state index in [1.165, 1.54) is 6.07 Å². The Morgan fingerprint density at radius 1 is 1.42 bits per heavy atom. The standard InChI is InChI=1S/C14H18F3NO/c1-10-4-3-7-18(10)9-13(19)11-5-2-6-12(8-11)14(15,16)17/h2,5-6,8,10,13,19H,3-4,7,9H2,1H3. The third kappa shape index (κ3) is 3.48. The molecule has 2 nitrogen and oxygen atoms in total. The first-order valence-electron chi connectivity index (χ1n) is 6.47. The fourth-order valence-electron chi connectivity index (χ4n) is 2.51. The molecule has 106 valence electrons. The average molecular weight is 273 g/mol. The molecule has 0 aliphatic carbocycles. The van der Waals surface area contributed by atoms with Crippen molar-refractivity contribution in [1.82, 2.24) is 4.90 Å². The Hall–Kier alpha value is -1.07. The minimum absolute atomic E-state index is 0.328. The number of hydrogen-bond donors (Lipinski definition) is 1. The Kier molecular flexibility index (Phi) is 4.16. The van der Waals surface area contributed by atoms with Crippen LogP contribution in [0.3, 0.4) is 0 Å². The van der Waals surface area contributed by atoms with Gasteiger partial charge in [0.05, 0.1) is 11.7 Å². The third-order valence-electron chi connectivity index (χ3n) is 3.70. The molecule has 1 N–H and O–H groups in total. The quantitative estimate of drug-likeness (QED) is 0.914. The minimum Gasteiger partial charge on any atom is -0.387 e. The van der Waals surface area contributed by atoms with Crippen LogP contribution in [0.15, 0.2) is 24.3 Å². The first kappa shape index (κ1) is 14.3. The van der Waals surface area contributed by atoms with Crippen LogP contribution in [-0.2, 0) is 6.18 Å². The molecule has 0 spiro atoms. The highest BCUT2D eigenvalue weighted by Gasteiger charge is 2.31. The lowest BCUT2D eigenvalue weighted by molar-refractivity contribution is -0.137. The molecule has 2 rings (SSSR count). The molecule has 2 atom stereocenters. The molecule has 0 radical (unpaired) electrons. The van der Waals surface area contributed by atoms with E-state index in [1.54, 1.807) is 6.07 Å². The van der Waals surface area contributed by atoms with Gasteiger partial charge in [-0.05, 0) is 44.0 Å². The van der Waals surface area contributed by atoms with Gasteiger partial charge in [-0.1, -0.05) is 12.1 Å². The number of rotatable bonds is 3. The molecule has 19 heavy (non-hydrogen) atoms. The van der Waals surface area contributed by atoms with Gasteiger partial charge in [-0.3, -0.25) is 4.90 Å². The van der Waals surface area contributed by atoms with Crippen LogP contribution in [0.4, 0.5) is 13.2 Å². The Balaban J connectivity index is 2.08. The van der Waals surface area contributed by atoms with Gasteiger partial charge < -0.3 is 5.11 Å². The normalized spacial score (nSPS) is 22.7. The van der Waals surface area contributed by atoms with E-state index in [0.29, 0.717) is 18.2 Å². The number of β-amino-alcohol motifs (C(OH)–C–C–N with tert-alkyl or cyclic N) is 1. The summed E-state index contributed by atoms with van der Waals surface area (Å²) in [5.74, 6) is 0. The molecule has 0 bridgehead atoms. The maximum Gasteiger partial charge on any atom is 0.416 e. The van der Waals surface area contributed by atoms with Crippen molar-refractivity contribution in [3.8, 4) is 0 Å². The Bertz CT molecular complexity index is 433. The van der Waals surface area contributed by atoms with Crippen molar-refractivity contribution in [3.05, 3.63) is 35.4 Å². The zero-order valence-corrected chi connectivity index (χ0v) is 10.8. The third-order valence-corrected chi connectivity index (χ3v) is 3.70. The number of halogens is 3. The van der Waals surface area contributed by atoms with E-state index in [2.05, 4.69) is 11.8 Å². The first-order valence-corrected chi connectivity index (χ1v) is 6.47. The molecule has 0 aromatic heterocycles. The summed E-state index contributed by atoms with van der Waals surface area (Å²) in [5, 5.41) is 10.1. The lowest BCUT2D eigenvalue weighted by Gasteiger charge is -2.24. The summed E-state index contributed by atoms with van der Waals surface area (Å²) >= 11 is 0. The van der Waals surface area contributed by atoms with E-state index in [1.807, 2.05) is 0 Å². The Morgan fingerprint density at radius 3 is 2.74 bits per heavy atom. The van der Waals surface area contributed by atoms with E-state index in [9.17, 15) is 18.3 Å². The average Bonchev–Trinajstić information content (AvgIpc) is 2.74. The second-order valence-corrected chi connectivity index (χ2v) is 5.13. The van der Waals surface area contributed by atoms with Crippen LogP contribution in [0.5, 0.6) is 0 Å². The summed E-state index contributed by atoms with van der Waals surface area (Å²) in [7, 11) is 0. The zero-order chi connectivity index (χ0) is 14.0. The molecular formula is C14H18F3NO. The van der Waals surface area contributed by atoms with Crippen LogP contribution in [0.1, 0.15) is 37.0 Å². The molecule has 0 amide bonds. The summed E-state index contributed by atoms with van der Waals surface area (Å²) in [6.45, 7) is 3.37. The molecular weight excluding hydrogens is 255 g/mol. The Labute approximate surface area is 110 Å². The SMILES string of the molecule is CC1CCCN1CC(O)c1cccc(C(F)(F)F)c1. The number of aliphatic hydroxyl groups excluding tert-OH is 1. The fraction of sp³-hybridized carbons (Fsp3) is 0.571. The maximum absolute atomic E-state index is 12.6. The van der Waals surface area contributed by atoms with Crippen molar-refractivity contribution >= 4 is 0 Å². The largest absolute Gasteiger partial charge is 0.416 e. The predicted octanol–water partition coefficient (Wildman–Crippen LogP) is 3.22. The van der Waals surface area contributed by atoms with Crippen LogP contribution in [0.25, 0.3) is 0 Å². The molecule has 1 fully saturated rings. The summed E-state index contributed by atoms with van der Waals surface area (Å²) in [6, 6.07) is 5.33. The minimum atomic E-state index is -4.36. The number of nitrogens with zero attached hydrogens (tertiary/aromatic N) is 1. The van der Waals surface area contributed by atoms with Gasteiger partial charge in [0.1, 0.15) is 0 Å². The van der Waals surface area contributed by atoms with Crippen molar-refractivity contribution in [2.75, 3.05) is 13.1 Å². The molecule has 0 saturated carbocycles. The predicted molar refractivity (Wildman–Crippen MR) is 66.7 cm³/mol. The van der Waals surface area contributed by atoms with Gasteiger partial charge in [0.15, 0.2) is 0 Å². The molecule has 1 aromatic rings. The molecule has 1 aromatic carbocycles. The molecule has 1 aliphatic heterocycles. The van der Waals surface area contributed by atoms with Crippen LogP contribution < -0.4 is 0 Å². The van der Waals surface area contributed by atoms with Crippen LogP contribution in [0.2, 0.25) is 0 Å². The topological polar surface area (TPSA) is 23.5 Å². The molecule has 2 unspecified atom stereocenters. The van der Waals surface area contributed by atoms with E-state index in [-0.39, 0.29) is 0 Å². The fourth-order valence-corrected chi connectivity index (χ4v) is 2.51. The lowest BCUT2D eigenvalue weighted by atomic mass is 10.1.